The van der Waals surface area contributed by atoms with Crippen molar-refractivity contribution in [3.05, 3.63) is 46.8 Å². The quantitative estimate of drug-likeness (QED) is 0.409. The molecule has 9 nitrogen and oxygen atoms in total. The van der Waals surface area contributed by atoms with Gasteiger partial charge in [-0.05, 0) is 44.5 Å². The first-order valence-corrected chi connectivity index (χ1v) is 9.57. The number of urea groups is 1. The van der Waals surface area contributed by atoms with Gasteiger partial charge in [-0.2, -0.15) is 0 Å². The van der Waals surface area contributed by atoms with Crippen molar-refractivity contribution in [3.8, 4) is 11.5 Å². The Morgan fingerprint density at radius 2 is 1.70 bits per heavy atom. The van der Waals surface area contributed by atoms with Crippen LogP contribution in [0.1, 0.15) is 34.2 Å². The summed E-state index contributed by atoms with van der Waals surface area (Å²) in [6.45, 7) is 5.62. The maximum Gasteiger partial charge on any atom is 0.334 e. The number of aryl methyl sites for hydroxylation is 1. The lowest BCUT2D eigenvalue weighted by atomic mass is 10.1. The number of Topliss-reactive ketones (excluding diaryl/α,β-unsaturated/α-hetero) is 1. The molecule has 0 aliphatic carbocycles. The fraction of sp³-hybridized carbons (Fsp3) is 0.333. The summed E-state index contributed by atoms with van der Waals surface area (Å²) in [5.74, 6) is -0.880. The van der Waals surface area contributed by atoms with Gasteiger partial charge in [0.05, 0.1) is 6.54 Å². The molecule has 4 rings (SSSR count). The van der Waals surface area contributed by atoms with Gasteiger partial charge in [-0.15, -0.1) is 0 Å². The van der Waals surface area contributed by atoms with Crippen molar-refractivity contribution in [1.29, 1.82) is 0 Å². The SMILES string of the molecule is CCN1C(=O)C(=O)N(CC(=O)c2cc(C)n(Cc3ccc4c(c3)OCO4)c2C)C1=O. The van der Waals surface area contributed by atoms with E-state index in [1.807, 2.05) is 36.6 Å². The van der Waals surface area contributed by atoms with E-state index in [4.69, 9.17) is 9.47 Å². The molecule has 1 aromatic heterocycles. The van der Waals surface area contributed by atoms with Crippen LogP contribution >= 0.6 is 0 Å². The number of amides is 4. The van der Waals surface area contributed by atoms with Crippen LogP contribution < -0.4 is 9.47 Å². The highest BCUT2D eigenvalue weighted by molar-refractivity contribution is 6.45. The highest BCUT2D eigenvalue weighted by Crippen LogP contribution is 2.33. The molecule has 2 aliphatic rings. The number of nitrogens with zero attached hydrogens (tertiary/aromatic N) is 3. The van der Waals surface area contributed by atoms with Crippen LogP contribution in [0.25, 0.3) is 0 Å². The number of ketones is 1. The number of likely N-dealkylation sites (N-methyl/N-ethyl adjacent to an activating group) is 1. The summed E-state index contributed by atoms with van der Waals surface area (Å²) in [7, 11) is 0. The second-order valence-corrected chi connectivity index (χ2v) is 7.21. The van der Waals surface area contributed by atoms with Gasteiger partial charge in [0, 0.05) is 30.0 Å². The second-order valence-electron chi connectivity index (χ2n) is 7.21. The first-order valence-electron chi connectivity index (χ1n) is 9.57. The number of ether oxygens (including phenoxy) is 2. The Bertz CT molecular complexity index is 1090. The van der Waals surface area contributed by atoms with Crippen LogP contribution in [-0.2, 0) is 16.1 Å². The predicted octanol–water partition coefficient (Wildman–Crippen LogP) is 1.88. The Morgan fingerprint density at radius 1 is 1.00 bits per heavy atom. The lowest BCUT2D eigenvalue weighted by Crippen LogP contribution is -2.37. The molecule has 0 bridgehead atoms. The Morgan fingerprint density at radius 3 is 2.40 bits per heavy atom. The fourth-order valence-corrected chi connectivity index (χ4v) is 3.75. The molecule has 9 heteroatoms. The van der Waals surface area contributed by atoms with Gasteiger partial charge in [0.25, 0.3) is 0 Å². The Kier molecular flexibility index (Phi) is 4.81. The molecule has 2 aliphatic heterocycles. The normalized spacial score (nSPS) is 15.5. The van der Waals surface area contributed by atoms with Gasteiger partial charge in [0.15, 0.2) is 17.3 Å². The van der Waals surface area contributed by atoms with Gasteiger partial charge in [0.1, 0.15) is 0 Å². The molecule has 0 spiro atoms. The van der Waals surface area contributed by atoms with Crippen LogP contribution in [0, 0.1) is 13.8 Å². The zero-order chi connectivity index (χ0) is 21.6. The predicted molar refractivity (Wildman–Crippen MR) is 104 cm³/mol. The maximum absolute atomic E-state index is 12.9. The van der Waals surface area contributed by atoms with E-state index < -0.39 is 30.2 Å². The third kappa shape index (κ3) is 3.12. The third-order valence-corrected chi connectivity index (χ3v) is 5.40. The average Bonchev–Trinajstić information content (AvgIpc) is 3.35. The topological polar surface area (TPSA) is 98.2 Å². The van der Waals surface area contributed by atoms with E-state index in [0.29, 0.717) is 34.2 Å². The lowest BCUT2D eigenvalue weighted by molar-refractivity contribution is -0.143. The van der Waals surface area contributed by atoms with Gasteiger partial charge in [-0.1, -0.05) is 6.07 Å². The summed E-state index contributed by atoms with van der Waals surface area (Å²) in [5, 5.41) is 0. The van der Waals surface area contributed by atoms with Gasteiger partial charge < -0.3 is 14.0 Å². The van der Waals surface area contributed by atoms with Crippen molar-refractivity contribution >= 4 is 23.6 Å². The standard InChI is InChI=1S/C21H21N3O6/c1-4-22-19(26)20(27)24(21(22)28)10-16(25)15-7-12(2)23(13(15)3)9-14-5-6-17-18(8-14)30-11-29-17/h5-8H,4,9-11H2,1-3H3. The molecule has 30 heavy (non-hydrogen) atoms. The highest BCUT2D eigenvalue weighted by atomic mass is 16.7. The molecule has 2 aromatic rings. The zero-order valence-corrected chi connectivity index (χ0v) is 16.9. The summed E-state index contributed by atoms with van der Waals surface area (Å²) in [5.41, 5.74) is 2.97. The van der Waals surface area contributed by atoms with E-state index in [0.717, 1.165) is 16.2 Å². The summed E-state index contributed by atoms with van der Waals surface area (Å²) in [6, 6.07) is 6.65. The van der Waals surface area contributed by atoms with Crippen LogP contribution in [0.4, 0.5) is 4.79 Å². The van der Waals surface area contributed by atoms with Crippen LogP contribution in [0.5, 0.6) is 11.5 Å². The number of benzene rings is 1. The summed E-state index contributed by atoms with van der Waals surface area (Å²) >= 11 is 0. The van der Waals surface area contributed by atoms with E-state index in [1.165, 1.54) is 0 Å². The fourth-order valence-electron chi connectivity index (χ4n) is 3.75. The smallest absolute Gasteiger partial charge is 0.334 e. The molecule has 0 N–H and O–H groups in total. The Balaban J connectivity index is 1.54. The minimum atomic E-state index is -0.968. The zero-order valence-electron chi connectivity index (χ0n) is 16.9. The minimum absolute atomic E-state index is 0.0815. The molecule has 0 radical (unpaired) electrons. The first kappa shape index (κ1) is 19.7. The van der Waals surface area contributed by atoms with Crippen LogP contribution in [0.15, 0.2) is 24.3 Å². The number of imide groups is 2. The number of fused-ring (bicyclic) bond motifs is 1. The van der Waals surface area contributed by atoms with Gasteiger partial charge >= 0.3 is 17.8 Å². The summed E-state index contributed by atoms with van der Waals surface area (Å²) in [6.07, 6.45) is 0. The van der Waals surface area contributed by atoms with Crippen molar-refractivity contribution < 1.29 is 28.7 Å². The number of carbonyl (C=O) groups excluding carboxylic acids is 4. The minimum Gasteiger partial charge on any atom is -0.454 e. The van der Waals surface area contributed by atoms with Crippen LogP contribution in [0.2, 0.25) is 0 Å². The van der Waals surface area contributed by atoms with Crippen molar-refractivity contribution in [2.24, 2.45) is 0 Å². The average molecular weight is 411 g/mol. The molecule has 1 aromatic carbocycles. The maximum atomic E-state index is 12.9. The van der Waals surface area contributed by atoms with Crippen molar-refractivity contribution in [1.82, 2.24) is 14.4 Å². The van der Waals surface area contributed by atoms with Crippen molar-refractivity contribution in [2.45, 2.75) is 27.3 Å². The Labute approximate surface area is 172 Å². The molecule has 4 amide bonds. The molecular formula is C21H21N3O6. The second kappa shape index (κ2) is 7.33. The molecule has 3 heterocycles. The van der Waals surface area contributed by atoms with Gasteiger partial charge in [0.2, 0.25) is 6.79 Å². The Hall–Kier alpha value is -3.62. The van der Waals surface area contributed by atoms with E-state index in [2.05, 4.69) is 0 Å². The van der Waals surface area contributed by atoms with E-state index in [1.54, 1.807) is 13.0 Å². The van der Waals surface area contributed by atoms with E-state index in [9.17, 15) is 19.2 Å². The molecule has 0 atom stereocenters. The molecule has 1 saturated heterocycles. The summed E-state index contributed by atoms with van der Waals surface area (Å²) in [4.78, 5) is 50.6. The number of hydrogen-bond acceptors (Lipinski definition) is 6. The number of aromatic nitrogens is 1. The highest BCUT2D eigenvalue weighted by Gasteiger charge is 2.44. The first-order chi connectivity index (χ1) is 14.3. The lowest BCUT2D eigenvalue weighted by Gasteiger charge is -2.14. The molecule has 0 unspecified atom stereocenters. The van der Waals surface area contributed by atoms with Crippen molar-refractivity contribution in [3.63, 3.8) is 0 Å². The third-order valence-electron chi connectivity index (χ3n) is 5.40. The molecular weight excluding hydrogens is 390 g/mol. The molecule has 0 saturated carbocycles. The monoisotopic (exact) mass is 411 g/mol. The summed E-state index contributed by atoms with van der Waals surface area (Å²) < 4.78 is 12.7. The number of hydrogen-bond donors (Lipinski definition) is 0. The number of carbonyl (C=O) groups is 4. The molecule has 1 fully saturated rings. The van der Waals surface area contributed by atoms with E-state index >= 15 is 0 Å². The van der Waals surface area contributed by atoms with E-state index in [-0.39, 0.29) is 13.3 Å². The molecule has 156 valence electrons. The van der Waals surface area contributed by atoms with Crippen molar-refractivity contribution in [2.75, 3.05) is 19.9 Å². The number of rotatable bonds is 6. The van der Waals surface area contributed by atoms with Crippen LogP contribution in [-0.4, -0.2) is 57.9 Å². The van der Waals surface area contributed by atoms with Gasteiger partial charge in [-0.3, -0.25) is 19.3 Å². The van der Waals surface area contributed by atoms with Gasteiger partial charge in [-0.25, -0.2) is 9.69 Å². The largest absolute Gasteiger partial charge is 0.454 e. The van der Waals surface area contributed by atoms with Crippen LogP contribution in [0.3, 0.4) is 0 Å².